The second-order valence-electron chi connectivity index (χ2n) is 4.54. The van der Waals surface area contributed by atoms with Crippen LogP contribution >= 0.6 is 23.2 Å². The fourth-order valence-electron chi connectivity index (χ4n) is 2.00. The van der Waals surface area contributed by atoms with Gasteiger partial charge in [0.1, 0.15) is 12.4 Å². The number of nitrogens with one attached hydrogen (secondary N) is 1. The molecule has 0 spiro atoms. The van der Waals surface area contributed by atoms with E-state index >= 15 is 0 Å². The molecule has 1 aromatic heterocycles. The normalized spacial score (nSPS) is 10.8. The first kappa shape index (κ1) is 15.2. The van der Waals surface area contributed by atoms with Crippen molar-refractivity contribution in [2.45, 2.75) is 20.1 Å². The van der Waals surface area contributed by atoms with E-state index in [0.29, 0.717) is 23.2 Å². The Labute approximate surface area is 128 Å². The summed E-state index contributed by atoms with van der Waals surface area (Å²) in [7, 11) is 3.74. The van der Waals surface area contributed by atoms with Crippen LogP contribution in [0.2, 0.25) is 10.0 Å². The van der Waals surface area contributed by atoms with Gasteiger partial charge in [0.15, 0.2) is 0 Å². The minimum Gasteiger partial charge on any atom is -0.487 e. The fraction of sp³-hybridized carbons (Fsp3) is 0.357. The molecule has 6 heteroatoms. The highest BCUT2D eigenvalue weighted by Gasteiger charge is 2.12. The van der Waals surface area contributed by atoms with Crippen molar-refractivity contribution >= 4 is 23.2 Å². The lowest BCUT2D eigenvalue weighted by Gasteiger charge is -2.12. The van der Waals surface area contributed by atoms with E-state index in [0.717, 1.165) is 22.7 Å². The van der Waals surface area contributed by atoms with Gasteiger partial charge in [-0.2, -0.15) is 5.10 Å². The van der Waals surface area contributed by atoms with Crippen molar-refractivity contribution in [2.75, 3.05) is 7.05 Å². The predicted molar refractivity (Wildman–Crippen MR) is 81.5 cm³/mol. The predicted octanol–water partition coefficient (Wildman–Crippen LogP) is 3.33. The number of halogens is 2. The largest absolute Gasteiger partial charge is 0.487 e. The SMILES string of the molecule is CNCc1cc(Cl)ccc1OCc1c(Cl)c(C)nn1C. The van der Waals surface area contributed by atoms with Crippen LogP contribution in [-0.2, 0) is 20.2 Å². The van der Waals surface area contributed by atoms with Gasteiger partial charge in [0.2, 0.25) is 0 Å². The van der Waals surface area contributed by atoms with Crippen molar-refractivity contribution in [1.29, 1.82) is 0 Å². The minimum absolute atomic E-state index is 0.370. The molecule has 1 aromatic carbocycles. The van der Waals surface area contributed by atoms with Crippen LogP contribution in [-0.4, -0.2) is 16.8 Å². The first-order valence-electron chi connectivity index (χ1n) is 6.26. The highest BCUT2D eigenvalue weighted by Crippen LogP contribution is 2.26. The topological polar surface area (TPSA) is 39.1 Å². The number of ether oxygens (including phenoxy) is 1. The molecule has 0 saturated heterocycles. The van der Waals surface area contributed by atoms with Crippen LogP contribution in [0.1, 0.15) is 17.0 Å². The summed E-state index contributed by atoms with van der Waals surface area (Å²) in [5.41, 5.74) is 2.67. The number of benzene rings is 1. The van der Waals surface area contributed by atoms with E-state index in [1.54, 1.807) is 4.68 Å². The van der Waals surface area contributed by atoms with Crippen molar-refractivity contribution in [3.8, 4) is 5.75 Å². The van der Waals surface area contributed by atoms with E-state index in [4.69, 9.17) is 27.9 Å². The first-order chi connectivity index (χ1) is 9.52. The van der Waals surface area contributed by atoms with E-state index in [1.807, 2.05) is 39.2 Å². The van der Waals surface area contributed by atoms with Gasteiger partial charge in [0, 0.05) is 24.2 Å². The summed E-state index contributed by atoms with van der Waals surface area (Å²) < 4.78 is 7.60. The van der Waals surface area contributed by atoms with Crippen molar-refractivity contribution in [2.24, 2.45) is 7.05 Å². The number of hydrogen-bond acceptors (Lipinski definition) is 3. The molecule has 4 nitrogen and oxygen atoms in total. The molecule has 0 atom stereocenters. The molecule has 0 saturated carbocycles. The highest BCUT2D eigenvalue weighted by atomic mass is 35.5. The number of rotatable bonds is 5. The third-order valence-electron chi connectivity index (χ3n) is 3.02. The molecule has 20 heavy (non-hydrogen) atoms. The summed E-state index contributed by atoms with van der Waals surface area (Å²) in [4.78, 5) is 0. The molecule has 0 radical (unpaired) electrons. The Bertz CT molecular complexity index is 611. The van der Waals surface area contributed by atoms with Crippen LogP contribution in [0.25, 0.3) is 0 Å². The van der Waals surface area contributed by atoms with Crippen LogP contribution in [0.3, 0.4) is 0 Å². The Hall–Kier alpha value is -1.23. The van der Waals surface area contributed by atoms with Crippen LogP contribution in [0.5, 0.6) is 5.75 Å². The average molecular weight is 314 g/mol. The molecule has 0 aliphatic carbocycles. The fourth-order valence-corrected chi connectivity index (χ4v) is 2.41. The molecule has 2 rings (SSSR count). The summed E-state index contributed by atoms with van der Waals surface area (Å²) in [5, 5.41) is 8.70. The summed E-state index contributed by atoms with van der Waals surface area (Å²) in [6, 6.07) is 5.57. The van der Waals surface area contributed by atoms with Crippen molar-refractivity contribution in [3.05, 3.63) is 45.2 Å². The van der Waals surface area contributed by atoms with Gasteiger partial charge in [-0.05, 0) is 32.2 Å². The van der Waals surface area contributed by atoms with Gasteiger partial charge in [-0.1, -0.05) is 23.2 Å². The van der Waals surface area contributed by atoms with E-state index < -0.39 is 0 Å². The molecule has 2 aromatic rings. The zero-order valence-corrected chi connectivity index (χ0v) is 13.2. The van der Waals surface area contributed by atoms with Gasteiger partial charge in [-0.25, -0.2) is 0 Å². The second-order valence-corrected chi connectivity index (χ2v) is 5.36. The number of aryl methyl sites for hydroxylation is 2. The lowest BCUT2D eigenvalue weighted by Crippen LogP contribution is -2.09. The van der Waals surface area contributed by atoms with E-state index in [1.165, 1.54) is 0 Å². The molecular weight excluding hydrogens is 297 g/mol. The Morgan fingerprint density at radius 1 is 1.35 bits per heavy atom. The summed E-state index contributed by atoms with van der Waals surface area (Å²) in [6.07, 6.45) is 0. The maximum Gasteiger partial charge on any atom is 0.131 e. The van der Waals surface area contributed by atoms with Crippen molar-refractivity contribution < 1.29 is 4.74 Å². The van der Waals surface area contributed by atoms with E-state index in [9.17, 15) is 0 Å². The standard InChI is InChI=1S/C14H17Cl2N3O/c1-9-14(16)12(19(3)18-9)8-20-13-5-4-11(15)6-10(13)7-17-2/h4-6,17H,7-8H2,1-3H3. The lowest BCUT2D eigenvalue weighted by atomic mass is 10.2. The Morgan fingerprint density at radius 2 is 2.10 bits per heavy atom. The van der Waals surface area contributed by atoms with Crippen LogP contribution in [0.15, 0.2) is 18.2 Å². The molecule has 0 bridgehead atoms. The third-order valence-corrected chi connectivity index (χ3v) is 3.74. The maximum atomic E-state index is 6.21. The molecule has 0 aliphatic rings. The number of hydrogen-bond donors (Lipinski definition) is 1. The monoisotopic (exact) mass is 313 g/mol. The molecular formula is C14H17Cl2N3O. The van der Waals surface area contributed by atoms with Gasteiger partial charge in [0.25, 0.3) is 0 Å². The Kier molecular flexibility index (Phi) is 4.91. The van der Waals surface area contributed by atoms with Crippen LogP contribution < -0.4 is 10.1 Å². The minimum atomic E-state index is 0.370. The third kappa shape index (κ3) is 3.26. The molecule has 0 unspecified atom stereocenters. The summed E-state index contributed by atoms with van der Waals surface area (Å²) in [5.74, 6) is 0.790. The average Bonchev–Trinajstić information content (AvgIpc) is 2.64. The van der Waals surface area contributed by atoms with Crippen LogP contribution in [0.4, 0.5) is 0 Å². The summed E-state index contributed by atoms with van der Waals surface area (Å²) >= 11 is 12.2. The van der Waals surface area contributed by atoms with Gasteiger partial charge in [-0.15, -0.1) is 0 Å². The van der Waals surface area contributed by atoms with Gasteiger partial charge in [0.05, 0.1) is 16.4 Å². The smallest absolute Gasteiger partial charge is 0.131 e. The van der Waals surface area contributed by atoms with Gasteiger partial charge >= 0.3 is 0 Å². The number of nitrogens with zero attached hydrogens (tertiary/aromatic N) is 2. The molecule has 108 valence electrons. The molecule has 1 N–H and O–H groups in total. The lowest BCUT2D eigenvalue weighted by molar-refractivity contribution is 0.291. The van der Waals surface area contributed by atoms with E-state index in [-0.39, 0.29) is 0 Å². The molecule has 0 aliphatic heterocycles. The quantitative estimate of drug-likeness (QED) is 0.920. The van der Waals surface area contributed by atoms with Crippen LogP contribution in [0, 0.1) is 6.92 Å². The Balaban J connectivity index is 2.18. The molecule has 0 amide bonds. The molecule has 0 fully saturated rings. The highest BCUT2D eigenvalue weighted by molar-refractivity contribution is 6.31. The molecule has 1 heterocycles. The Morgan fingerprint density at radius 3 is 2.70 bits per heavy atom. The second kappa shape index (κ2) is 6.48. The number of aromatic nitrogens is 2. The van der Waals surface area contributed by atoms with E-state index in [2.05, 4.69) is 10.4 Å². The van der Waals surface area contributed by atoms with Gasteiger partial charge < -0.3 is 10.1 Å². The maximum absolute atomic E-state index is 6.21. The van der Waals surface area contributed by atoms with Crippen molar-refractivity contribution in [1.82, 2.24) is 15.1 Å². The van der Waals surface area contributed by atoms with Gasteiger partial charge in [-0.3, -0.25) is 4.68 Å². The first-order valence-corrected chi connectivity index (χ1v) is 7.02. The zero-order chi connectivity index (χ0) is 14.7. The zero-order valence-electron chi connectivity index (χ0n) is 11.7. The van der Waals surface area contributed by atoms with Crippen molar-refractivity contribution in [3.63, 3.8) is 0 Å². The summed E-state index contributed by atoms with van der Waals surface area (Å²) in [6.45, 7) is 2.93.